The largest absolute Gasteiger partial charge is 0.394 e. The van der Waals surface area contributed by atoms with Crippen LogP contribution in [0, 0.1) is 0 Å². The van der Waals surface area contributed by atoms with E-state index < -0.39 is 261 Å². The highest BCUT2D eigenvalue weighted by atomic mass is 16.8. The molecule has 35 heteroatoms. The third-order valence-electron chi connectivity index (χ3n) is 15.3. The second-order valence-electron chi connectivity index (χ2n) is 20.3. The van der Waals surface area contributed by atoms with Crippen molar-refractivity contribution in [2.24, 2.45) is 0 Å². The van der Waals surface area contributed by atoms with Crippen LogP contribution in [0.25, 0.3) is 0 Å². The Kier molecular flexibility index (Phi) is 20.8. The minimum absolute atomic E-state index is 1.05. The molecule has 15 saturated heterocycles. The summed E-state index contributed by atoms with van der Waals surface area (Å²) >= 11 is 0. The first-order chi connectivity index (χ1) is 37.0. The molecule has 0 aromatic carbocycles. The van der Waals surface area contributed by atoms with Gasteiger partial charge in [0.05, 0.1) is 46.2 Å². The lowest BCUT2D eigenvalue weighted by Crippen LogP contribution is -2.71. The number of ether oxygens (including phenoxy) is 14. The van der Waals surface area contributed by atoms with Gasteiger partial charge in [0.25, 0.3) is 0 Å². The molecule has 0 aromatic heterocycles. The predicted octanol–water partition coefficient (Wildman–Crippen LogP) is -14.8. The van der Waals surface area contributed by atoms with Crippen LogP contribution in [-0.4, -0.2) is 368 Å². The average Bonchev–Trinajstić information content (AvgIpc) is 3.43. The van der Waals surface area contributed by atoms with Crippen LogP contribution in [0.2, 0.25) is 0 Å². The maximum Gasteiger partial charge on any atom is 0.187 e. The van der Waals surface area contributed by atoms with Crippen LogP contribution in [0.5, 0.6) is 0 Å². The zero-order valence-electron chi connectivity index (χ0n) is 41.2. The molecule has 15 fully saturated rings. The maximum absolute atomic E-state index is 11.6. The molecule has 35 nitrogen and oxygen atoms in total. The van der Waals surface area contributed by atoms with E-state index in [1.54, 1.807) is 0 Å². The summed E-state index contributed by atoms with van der Waals surface area (Å²) in [6.07, 6.45) is -68.7. The van der Waals surface area contributed by atoms with Gasteiger partial charge in [-0.25, -0.2) is 0 Å². The number of aliphatic hydroxyl groups is 21. The lowest BCUT2D eigenvalue weighted by molar-refractivity contribution is -0.411. The van der Waals surface area contributed by atoms with Crippen molar-refractivity contribution in [3.8, 4) is 0 Å². The first-order valence-corrected chi connectivity index (χ1v) is 25.0. The molecule has 0 saturated carbocycles. The first kappa shape index (κ1) is 62.6. The lowest BCUT2D eigenvalue weighted by atomic mass is 9.85. The van der Waals surface area contributed by atoms with Crippen LogP contribution < -0.4 is 0 Å². The van der Waals surface area contributed by atoms with Crippen LogP contribution in [0.15, 0.2) is 0 Å². The van der Waals surface area contributed by atoms with E-state index in [1.807, 2.05) is 0 Å². The number of hydrogen-bond donors (Lipinski definition) is 21. The Labute approximate surface area is 440 Å². The molecule has 15 aliphatic rings. The highest BCUT2D eigenvalue weighted by Gasteiger charge is 2.61. The molecule has 14 bridgehead atoms. The Bertz CT molecular complexity index is 1870. The van der Waals surface area contributed by atoms with E-state index in [2.05, 4.69) is 0 Å². The molecule has 454 valence electrons. The molecule has 15 rings (SSSR count). The molecule has 0 spiro atoms. The molecule has 0 amide bonds. The molecule has 78 heavy (non-hydrogen) atoms. The Hall–Kier alpha value is -1.40. The summed E-state index contributed by atoms with van der Waals surface area (Å²) in [5.41, 5.74) is -2.34. The van der Waals surface area contributed by atoms with Crippen LogP contribution >= 0.6 is 0 Å². The summed E-state index contributed by atoms with van der Waals surface area (Å²) in [7, 11) is 0. The van der Waals surface area contributed by atoms with Gasteiger partial charge in [-0.05, 0) is 6.92 Å². The molecule has 15 aliphatic heterocycles. The van der Waals surface area contributed by atoms with Gasteiger partial charge in [0.2, 0.25) is 0 Å². The quantitative estimate of drug-likeness (QED) is 0.113. The fraction of sp³-hybridized carbons (Fsp3) is 1.00. The van der Waals surface area contributed by atoms with Crippen LogP contribution in [0.3, 0.4) is 0 Å². The van der Waals surface area contributed by atoms with Gasteiger partial charge in [-0.15, -0.1) is 0 Å². The highest BCUT2D eigenvalue weighted by Crippen LogP contribution is 2.41. The van der Waals surface area contributed by atoms with Crippen molar-refractivity contribution in [2.75, 3.05) is 46.2 Å². The first-order valence-electron chi connectivity index (χ1n) is 25.0. The summed E-state index contributed by atoms with van der Waals surface area (Å²) in [6, 6.07) is 0. The molecule has 0 aromatic rings. The Morgan fingerprint density at radius 2 is 0.449 bits per heavy atom. The summed E-state index contributed by atoms with van der Waals surface area (Å²) in [5.74, 6) is 0. The van der Waals surface area contributed by atoms with Crippen LogP contribution in [-0.2, 0) is 66.3 Å². The minimum atomic E-state index is -2.34. The van der Waals surface area contributed by atoms with E-state index in [0.29, 0.717) is 0 Å². The van der Waals surface area contributed by atoms with Crippen molar-refractivity contribution < 1.29 is 174 Å². The summed E-state index contributed by atoms with van der Waals surface area (Å²) < 4.78 is 80.0. The molecule has 0 radical (unpaired) electrons. The minimum Gasteiger partial charge on any atom is -0.394 e. The van der Waals surface area contributed by atoms with Crippen LogP contribution in [0.4, 0.5) is 0 Å². The van der Waals surface area contributed by atoms with Gasteiger partial charge in [0.1, 0.15) is 170 Å². The number of rotatable bonds is 7. The fourth-order valence-corrected chi connectivity index (χ4v) is 10.7. The topological polar surface area (TPSA) is 554 Å². The fourth-order valence-electron chi connectivity index (χ4n) is 10.7. The standard InChI is InChI=1S/C43H72O35/c1-43-15(8-50)71-41(28(63)35(43)64)77-33-13(6-48)69-39(26(61)20(33)55)75-31-11(4-46)67-37(24(59)18(31)53)73-29-9(2-44)65-36(22(57)16(29)51)72-30-10(3-45)66-38(23(58)17(30)52)74-32-12(5-47)68-40(25(60)19(32)54)76-34-14(7-49)70-42(78-43)27(62)21(34)56/h9-42,44-64H,2-8H2,1H3. The van der Waals surface area contributed by atoms with Gasteiger partial charge in [-0.3, -0.25) is 0 Å². The monoisotopic (exact) mass is 1150 g/mol. The second kappa shape index (κ2) is 25.8. The number of aliphatic hydroxyl groups excluding tert-OH is 21. The normalized spacial score (nSPS) is 55.8. The molecule has 35 unspecified atom stereocenters. The van der Waals surface area contributed by atoms with E-state index in [4.69, 9.17) is 66.3 Å². The van der Waals surface area contributed by atoms with E-state index >= 15 is 0 Å². The molecule has 0 aliphatic carbocycles. The van der Waals surface area contributed by atoms with E-state index in [9.17, 15) is 107 Å². The third kappa shape index (κ3) is 11.7. The summed E-state index contributed by atoms with van der Waals surface area (Å²) in [6.45, 7) is -6.30. The number of fused-ring (bicyclic) bond motifs is 7. The van der Waals surface area contributed by atoms with Crippen molar-refractivity contribution in [1.82, 2.24) is 0 Å². The van der Waals surface area contributed by atoms with E-state index in [1.165, 1.54) is 0 Å². The molecular formula is C43H72O35. The Balaban J connectivity index is 1.09. The van der Waals surface area contributed by atoms with Crippen molar-refractivity contribution in [1.29, 1.82) is 0 Å². The predicted molar refractivity (Wildman–Crippen MR) is 233 cm³/mol. The zero-order valence-corrected chi connectivity index (χ0v) is 41.2. The second-order valence-corrected chi connectivity index (χ2v) is 20.3. The van der Waals surface area contributed by atoms with E-state index in [-0.39, 0.29) is 0 Å². The van der Waals surface area contributed by atoms with Gasteiger partial charge in [-0.2, -0.15) is 0 Å². The average molecular weight is 1150 g/mol. The van der Waals surface area contributed by atoms with E-state index in [0.717, 1.165) is 6.92 Å². The van der Waals surface area contributed by atoms with Crippen molar-refractivity contribution in [3.05, 3.63) is 0 Å². The van der Waals surface area contributed by atoms with Gasteiger partial charge < -0.3 is 174 Å². The smallest absolute Gasteiger partial charge is 0.187 e. The van der Waals surface area contributed by atoms with Crippen molar-refractivity contribution in [3.63, 3.8) is 0 Å². The Morgan fingerprint density at radius 1 is 0.244 bits per heavy atom. The summed E-state index contributed by atoms with van der Waals surface area (Å²) in [4.78, 5) is 0. The Morgan fingerprint density at radius 3 is 0.667 bits per heavy atom. The van der Waals surface area contributed by atoms with Crippen LogP contribution in [0.1, 0.15) is 6.92 Å². The van der Waals surface area contributed by atoms with Gasteiger partial charge in [0, 0.05) is 0 Å². The molecule has 21 N–H and O–H groups in total. The molecular weight excluding hydrogens is 1080 g/mol. The SMILES string of the molecule is CC12OC3OC(CO)C(OC4OC(CO)C(OC5OC(CO)C(OC6OC(CO)C(OC7OC(CO)C(OC8OC(CO)C(OC(OC1CO)C(O)C2O)C(O)C8O)C(O)C7O)C(O)C6O)C(O)C5O)C(O)C4O)C(O)C3O. The summed E-state index contributed by atoms with van der Waals surface area (Å²) in [5, 5.41) is 231. The third-order valence-corrected chi connectivity index (χ3v) is 15.3. The van der Waals surface area contributed by atoms with Gasteiger partial charge in [-0.1, -0.05) is 0 Å². The number of hydrogen-bond acceptors (Lipinski definition) is 35. The molecule has 35 atom stereocenters. The lowest BCUT2D eigenvalue weighted by Gasteiger charge is -2.53. The molecule has 15 heterocycles. The van der Waals surface area contributed by atoms with Crippen molar-refractivity contribution in [2.45, 2.75) is 221 Å². The van der Waals surface area contributed by atoms with Crippen molar-refractivity contribution >= 4 is 0 Å². The maximum atomic E-state index is 11.6. The van der Waals surface area contributed by atoms with Gasteiger partial charge >= 0.3 is 0 Å². The zero-order chi connectivity index (χ0) is 57.0. The highest BCUT2D eigenvalue weighted by molar-refractivity contribution is 5.05. The van der Waals surface area contributed by atoms with Gasteiger partial charge in [0.15, 0.2) is 44.0 Å².